The molecule has 1 aromatic heterocycles. The Labute approximate surface area is 76.6 Å². The third-order valence-electron chi connectivity index (χ3n) is 1.14. The third kappa shape index (κ3) is 2.48. The van der Waals surface area contributed by atoms with E-state index in [0.29, 0.717) is 0 Å². The number of aromatic nitrogens is 2. The molecule has 1 atom stereocenters. The van der Waals surface area contributed by atoms with Crippen molar-refractivity contribution in [3.05, 3.63) is 18.1 Å². The third-order valence-corrected chi connectivity index (χ3v) is 1.62. The molecule has 1 unspecified atom stereocenters. The number of rotatable bonds is 3. The molecular weight excluding hydrogens is 194 g/mol. The number of hydrogen-bond acceptors (Lipinski definition) is 4. The molecule has 1 aromatic rings. The van der Waals surface area contributed by atoms with Crippen molar-refractivity contribution in [2.45, 2.75) is 0 Å². The predicted molar refractivity (Wildman–Crippen MR) is 46.7 cm³/mol. The van der Waals surface area contributed by atoms with Gasteiger partial charge < -0.3 is 5.11 Å². The van der Waals surface area contributed by atoms with Crippen molar-refractivity contribution in [1.29, 1.82) is 0 Å². The van der Waals surface area contributed by atoms with Crippen LogP contribution in [0.15, 0.2) is 12.4 Å². The lowest BCUT2D eigenvalue weighted by atomic mass is 10.4. The minimum absolute atomic E-state index is 0.0100. The summed E-state index contributed by atoms with van der Waals surface area (Å²) in [7, 11) is -1.36. The smallest absolute Gasteiger partial charge is 0.358 e. The average molecular weight is 201 g/mol. The van der Waals surface area contributed by atoms with Gasteiger partial charge in [-0.05, 0) is 0 Å². The maximum Gasteiger partial charge on any atom is 0.358 e. The minimum atomic E-state index is -1.36. The quantitative estimate of drug-likeness (QED) is 0.711. The van der Waals surface area contributed by atoms with Crippen LogP contribution in [0.3, 0.4) is 0 Å². The molecule has 0 aliphatic heterocycles. The lowest BCUT2D eigenvalue weighted by molar-refractivity contribution is 0.0691. The number of anilines is 1. The molecule has 2 N–H and O–H groups in total. The Morgan fingerprint density at radius 1 is 1.54 bits per heavy atom. The Morgan fingerprint density at radius 2 is 2.15 bits per heavy atom. The predicted octanol–water partition coefficient (Wildman–Crippen LogP) is -0.120. The molecule has 0 saturated heterocycles. The van der Waals surface area contributed by atoms with Gasteiger partial charge in [0.05, 0.1) is 0 Å². The van der Waals surface area contributed by atoms with Crippen LogP contribution < -0.4 is 4.72 Å². The van der Waals surface area contributed by atoms with E-state index in [1.54, 1.807) is 0 Å². The maximum atomic E-state index is 10.7. The van der Waals surface area contributed by atoms with Crippen molar-refractivity contribution in [2.75, 3.05) is 11.0 Å². The summed E-state index contributed by atoms with van der Waals surface area (Å²) in [6.45, 7) is 0. The van der Waals surface area contributed by atoms with Gasteiger partial charge >= 0.3 is 5.97 Å². The summed E-state index contributed by atoms with van der Waals surface area (Å²) in [5.41, 5.74) is -0.238. The number of nitrogens with one attached hydrogen (secondary N) is 1. The van der Waals surface area contributed by atoms with Gasteiger partial charge in [0.25, 0.3) is 0 Å². The molecule has 70 valence electrons. The van der Waals surface area contributed by atoms with Gasteiger partial charge in [-0.3, -0.25) is 4.72 Å². The topological polar surface area (TPSA) is 92.2 Å². The lowest BCUT2D eigenvalue weighted by Crippen LogP contribution is -2.11. The second-order valence-electron chi connectivity index (χ2n) is 2.11. The van der Waals surface area contributed by atoms with Gasteiger partial charge in [-0.25, -0.2) is 19.0 Å². The molecule has 0 aromatic carbocycles. The van der Waals surface area contributed by atoms with Crippen LogP contribution >= 0.6 is 0 Å². The number of aromatic carboxylic acids is 1. The van der Waals surface area contributed by atoms with Crippen LogP contribution in [-0.2, 0) is 11.0 Å². The summed E-state index contributed by atoms with van der Waals surface area (Å²) >= 11 is 0. The molecular formula is C6H7N3O3S. The molecule has 1 rings (SSSR count). The van der Waals surface area contributed by atoms with E-state index in [-0.39, 0.29) is 11.5 Å². The van der Waals surface area contributed by atoms with Gasteiger partial charge in [-0.2, -0.15) is 0 Å². The number of carboxylic acids is 1. The zero-order valence-corrected chi connectivity index (χ0v) is 7.54. The minimum Gasteiger partial charge on any atom is -0.476 e. The molecule has 0 aliphatic carbocycles. The van der Waals surface area contributed by atoms with E-state index in [1.165, 1.54) is 18.6 Å². The summed E-state index contributed by atoms with van der Waals surface area (Å²) in [4.78, 5) is 17.8. The molecule has 0 amide bonds. The number of hydrogen-bond donors (Lipinski definition) is 2. The van der Waals surface area contributed by atoms with Crippen LogP contribution in [0.4, 0.5) is 5.82 Å². The van der Waals surface area contributed by atoms with Crippen LogP contribution in [0.2, 0.25) is 0 Å². The van der Waals surface area contributed by atoms with E-state index in [0.717, 1.165) is 0 Å². The van der Waals surface area contributed by atoms with Gasteiger partial charge in [-0.1, -0.05) is 0 Å². The molecule has 0 fully saturated rings. The highest BCUT2D eigenvalue weighted by molar-refractivity contribution is 7.85. The van der Waals surface area contributed by atoms with E-state index in [4.69, 9.17) is 5.11 Å². The maximum absolute atomic E-state index is 10.7. The molecule has 6 nitrogen and oxygen atoms in total. The second kappa shape index (κ2) is 3.94. The molecule has 0 radical (unpaired) electrons. The molecule has 0 bridgehead atoms. The fourth-order valence-corrected chi connectivity index (χ4v) is 1.13. The molecule has 1 heterocycles. The van der Waals surface area contributed by atoms with Crippen LogP contribution in [0.25, 0.3) is 0 Å². The zero-order chi connectivity index (χ0) is 9.84. The van der Waals surface area contributed by atoms with Crippen LogP contribution in [0, 0.1) is 0 Å². The monoisotopic (exact) mass is 201 g/mol. The van der Waals surface area contributed by atoms with Gasteiger partial charge in [0.2, 0.25) is 0 Å². The average Bonchev–Trinajstić information content (AvgIpc) is 2.03. The molecule has 7 heteroatoms. The van der Waals surface area contributed by atoms with Crippen molar-refractivity contribution in [2.24, 2.45) is 0 Å². The first-order valence-corrected chi connectivity index (χ1v) is 4.81. The van der Waals surface area contributed by atoms with Crippen LogP contribution in [0.1, 0.15) is 10.5 Å². The highest BCUT2D eigenvalue weighted by Crippen LogP contribution is 2.07. The lowest BCUT2D eigenvalue weighted by Gasteiger charge is -2.02. The first-order chi connectivity index (χ1) is 6.11. The summed E-state index contributed by atoms with van der Waals surface area (Å²) in [6.07, 6.45) is 3.95. The van der Waals surface area contributed by atoms with Crippen LogP contribution in [-0.4, -0.2) is 31.5 Å². The van der Waals surface area contributed by atoms with Crippen LogP contribution in [0.5, 0.6) is 0 Å². The SMILES string of the molecule is CS(=O)Nc1nccnc1C(=O)O. The highest BCUT2D eigenvalue weighted by atomic mass is 32.2. The fourth-order valence-electron chi connectivity index (χ4n) is 0.705. The summed E-state index contributed by atoms with van der Waals surface area (Å²) in [5.74, 6) is -1.20. The van der Waals surface area contributed by atoms with Gasteiger partial charge in [0.1, 0.15) is 11.0 Å². The number of nitrogens with zero attached hydrogens (tertiary/aromatic N) is 2. The Kier molecular flexibility index (Phi) is 2.91. The molecule has 0 saturated carbocycles. The Hall–Kier alpha value is -1.50. The fraction of sp³-hybridized carbons (Fsp3) is 0.167. The first kappa shape index (κ1) is 9.59. The van der Waals surface area contributed by atoms with Crippen molar-refractivity contribution in [3.8, 4) is 0 Å². The summed E-state index contributed by atoms with van der Waals surface area (Å²) < 4.78 is 13.1. The van der Waals surface area contributed by atoms with Gasteiger partial charge in [-0.15, -0.1) is 0 Å². The van der Waals surface area contributed by atoms with Crippen molar-refractivity contribution in [3.63, 3.8) is 0 Å². The Morgan fingerprint density at radius 3 is 2.69 bits per heavy atom. The van der Waals surface area contributed by atoms with E-state index >= 15 is 0 Å². The summed E-state index contributed by atoms with van der Waals surface area (Å²) in [5, 5.41) is 8.64. The second-order valence-corrected chi connectivity index (χ2v) is 3.23. The standard InChI is InChI=1S/C6H7N3O3S/c1-13(12)9-5-4(6(10)11)7-2-3-8-5/h2-3H,1H3,(H,8,9)(H,10,11). The van der Waals surface area contributed by atoms with E-state index in [1.807, 2.05) is 0 Å². The zero-order valence-electron chi connectivity index (χ0n) is 6.72. The van der Waals surface area contributed by atoms with Crippen molar-refractivity contribution >= 4 is 22.8 Å². The number of carbonyl (C=O) groups is 1. The normalized spacial score (nSPS) is 12.1. The Bertz CT molecular complexity index is 355. The molecule has 13 heavy (non-hydrogen) atoms. The summed E-state index contributed by atoms with van der Waals surface area (Å²) in [6, 6.07) is 0. The highest BCUT2D eigenvalue weighted by Gasteiger charge is 2.12. The van der Waals surface area contributed by atoms with Gasteiger partial charge in [0, 0.05) is 18.6 Å². The van der Waals surface area contributed by atoms with Gasteiger partial charge in [0.15, 0.2) is 11.5 Å². The van der Waals surface area contributed by atoms with E-state index in [9.17, 15) is 9.00 Å². The largest absolute Gasteiger partial charge is 0.476 e. The number of carboxylic acid groups (broad SMARTS) is 1. The van der Waals surface area contributed by atoms with Crippen molar-refractivity contribution < 1.29 is 14.1 Å². The molecule has 0 aliphatic rings. The first-order valence-electron chi connectivity index (χ1n) is 3.25. The van der Waals surface area contributed by atoms with E-state index < -0.39 is 17.0 Å². The van der Waals surface area contributed by atoms with Crippen molar-refractivity contribution in [1.82, 2.24) is 9.97 Å². The molecule has 0 spiro atoms. The van der Waals surface area contributed by atoms with E-state index in [2.05, 4.69) is 14.7 Å². The Balaban J connectivity index is 3.04.